The van der Waals surface area contributed by atoms with Crippen molar-refractivity contribution in [3.8, 4) is 0 Å². The molecule has 3 rings (SSSR count). The Labute approximate surface area is 116 Å². The van der Waals surface area contributed by atoms with Crippen molar-refractivity contribution < 1.29 is 5.11 Å². The second-order valence-electron chi connectivity index (χ2n) is 4.48. The van der Waals surface area contributed by atoms with Gasteiger partial charge in [-0.2, -0.15) is 0 Å². The second-order valence-corrected chi connectivity index (χ2v) is 4.48. The smallest absolute Gasteiger partial charge is 0.182 e. The number of aryl methyl sites for hydroxylation is 1. The molecular weight excluding hydrogens is 252 g/mol. The number of pyridine rings is 1. The van der Waals surface area contributed by atoms with Gasteiger partial charge in [0, 0.05) is 6.20 Å². The molecule has 0 spiro atoms. The normalized spacial score (nSPS) is 11.5. The molecule has 20 heavy (non-hydrogen) atoms. The summed E-state index contributed by atoms with van der Waals surface area (Å²) in [5.74, 6) is 0.680. The zero-order valence-electron chi connectivity index (χ0n) is 11.1. The monoisotopic (exact) mass is 266 g/mol. The zero-order chi connectivity index (χ0) is 13.9. The van der Waals surface area contributed by atoms with Crippen molar-refractivity contribution in [1.82, 2.24) is 9.38 Å². The highest BCUT2D eigenvalue weighted by Crippen LogP contribution is 2.23. The molecule has 5 nitrogen and oxygen atoms in total. The van der Waals surface area contributed by atoms with Crippen molar-refractivity contribution in [2.45, 2.75) is 13.5 Å². The van der Waals surface area contributed by atoms with Crippen LogP contribution in [0.2, 0.25) is 0 Å². The summed E-state index contributed by atoms with van der Waals surface area (Å²) in [6.07, 6.45) is 1.83. The quantitative estimate of drug-likeness (QED) is 0.737. The standard InChI is InChI=1S/C15H14N4O/c1-11-15(18-17-13-5-3-2-4-6-13)19-9-12(10-20)7-8-14(19)16-11/h2-9,20H,10H2,1H3. The van der Waals surface area contributed by atoms with Gasteiger partial charge in [-0.05, 0) is 30.7 Å². The first-order valence-electron chi connectivity index (χ1n) is 6.33. The van der Waals surface area contributed by atoms with Crippen LogP contribution in [0.5, 0.6) is 0 Å². The molecule has 0 fully saturated rings. The number of aromatic nitrogens is 2. The number of azo groups is 1. The van der Waals surface area contributed by atoms with Gasteiger partial charge in [-0.1, -0.05) is 24.3 Å². The summed E-state index contributed by atoms with van der Waals surface area (Å²) in [5.41, 5.74) is 3.20. The van der Waals surface area contributed by atoms with Gasteiger partial charge in [0.2, 0.25) is 0 Å². The zero-order valence-corrected chi connectivity index (χ0v) is 11.1. The Kier molecular flexibility index (Phi) is 3.26. The summed E-state index contributed by atoms with van der Waals surface area (Å²) >= 11 is 0. The molecule has 0 atom stereocenters. The molecule has 0 unspecified atom stereocenters. The lowest BCUT2D eigenvalue weighted by Gasteiger charge is -1.99. The third-order valence-electron chi connectivity index (χ3n) is 3.02. The average Bonchev–Trinajstić information content (AvgIpc) is 2.80. The van der Waals surface area contributed by atoms with E-state index in [1.807, 2.05) is 60.0 Å². The first-order valence-corrected chi connectivity index (χ1v) is 6.33. The van der Waals surface area contributed by atoms with Gasteiger partial charge in [0.15, 0.2) is 5.82 Å². The van der Waals surface area contributed by atoms with Crippen molar-refractivity contribution in [2.75, 3.05) is 0 Å². The number of nitrogens with zero attached hydrogens (tertiary/aromatic N) is 4. The lowest BCUT2D eigenvalue weighted by Crippen LogP contribution is -1.89. The fourth-order valence-electron chi connectivity index (χ4n) is 2.01. The third kappa shape index (κ3) is 2.31. The van der Waals surface area contributed by atoms with Crippen LogP contribution in [-0.2, 0) is 6.61 Å². The molecule has 0 aliphatic carbocycles. The molecule has 100 valence electrons. The van der Waals surface area contributed by atoms with Gasteiger partial charge in [0.05, 0.1) is 18.0 Å². The van der Waals surface area contributed by atoms with E-state index in [9.17, 15) is 5.11 Å². The largest absolute Gasteiger partial charge is 0.392 e. The van der Waals surface area contributed by atoms with E-state index in [4.69, 9.17) is 0 Å². The van der Waals surface area contributed by atoms with Crippen LogP contribution in [0.4, 0.5) is 11.5 Å². The fraction of sp³-hybridized carbons (Fsp3) is 0.133. The lowest BCUT2D eigenvalue weighted by atomic mass is 10.3. The van der Waals surface area contributed by atoms with Gasteiger partial charge >= 0.3 is 0 Å². The fourth-order valence-corrected chi connectivity index (χ4v) is 2.01. The summed E-state index contributed by atoms with van der Waals surface area (Å²) < 4.78 is 1.84. The van der Waals surface area contributed by atoms with E-state index in [1.165, 1.54) is 0 Å². The predicted octanol–water partition coefficient (Wildman–Crippen LogP) is 3.55. The summed E-state index contributed by atoms with van der Waals surface area (Å²) in [4.78, 5) is 4.43. The van der Waals surface area contributed by atoms with Crippen molar-refractivity contribution in [3.05, 3.63) is 59.9 Å². The van der Waals surface area contributed by atoms with Crippen molar-refractivity contribution >= 4 is 17.2 Å². The van der Waals surface area contributed by atoms with E-state index >= 15 is 0 Å². The SMILES string of the molecule is Cc1nc2ccc(CO)cn2c1N=Nc1ccccc1. The van der Waals surface area contributed by atoms with E-state index in [0.29, 0.717) is 5.82 Å². The van der Waals surface area contributed by atoms with Gasteiger partial charge in [0.1, 0.15) is 5.65 Å². The lowest BCUT2D eigenvalue weighted by molar-refractivity contribution is 0.281. The van der Waals surface area contributed by atoms with Crippen molar-refractivity contribution in [3.63, 3.8) is 0 Å². The third-order valence-corrected chi connectivity index (χ3v) is 3.02. The van der Waals surface area contributed by atoms with Gasteiger partial charge in [0.25, 0.3) is 0 Å². The van der Waals surface area contributed by atoms with Crippen LogP contribution in [0.15, 0.2) is 58.9 Å². The molecule has 5 heteroatoms. The molecule has 0 radical (unpaired) electrons. The molecule has 0 bridgehead atoms. The topological polar surface area (TPSA) is 62.2 Å². The number of hydrogen-bond donors (Lipinski definition) is 1. The Morgan fingerprint density at radius 2 is 1.90 bits per heavy atom. The van der Waals surface area contributed by atoms with Crippen molar-refractivity contribution in [2.24, 2.45) is 10.2 Å². The first-order chi connectivity index (χ1) is 9.78. The maximum Gasteiger partial charge on any atom is 0.182 e. The minimum Gasteiger partial charge on any atom is -0.392 e. The summed E-state index contributed by atoms with van der Waals surface area (Å²) in [7, 11) is 0. The number of hydrogen-bond acceptors (Lipinski definition) is 4. The number of aliphatic hydroxyl groups is 1. The average molecular weight is 266 g/mol. The predicted molar refractivity (Wildman–Crippen MR) is 76.5 cm³/mol. The molecule has 0 saturated heterocycles. The summed E-state index contributed by atoms with van der Waals surface area (Å²) in [5, 5.41) is 17.7. The van der Waals surface area contributed by atoms with Crippen molar-refractivity contribution in [1.29, 1.82) is 0 Å². The Morgan fingerprint density at radius 3 is 2.65 bits per heavy atom. The molecule has 0 aliphatic heterocycles. The molecule has 1 N–H and O–H groups in total. The summed E-state index contributed by atoms with van der Waals surface area (Å²) in [6, 6.07) is 13.3. The highest BCUT2D eigenvalue weighted by Gasteiger charge is 2.08. The van der Waals surface area contributed by atoms with Crippen LogP contribution in [-0.4, -0.2) is 14.5 Å². The molecule has 2 heterocycles. The molecule has 0 aliphatic rings. The first kappa shape index (κ1) is 12.5. The molecule has 1 aromatic carbocycles. The summed E-state index contributed by atoms with van der Waals surface area (Å²) in [6.45, 7) is 1.88. The van der Waals surface area contributed by atoms with Crippen LogP contribution < -0.4 is 0 Å². The van der Waals surface area contributed by atoms with E-state index in [2.05, 4.69) is 15.2 Å². The van der Waals surface area contributed by atoms with E-state index < -0.39 is 0 Å². The minimum atomic E-state index is -0.0115. The Hall–Kier alpha value is -2.53. The molecular formula is C15H14N4O. The van der Waals surface area contributed by atoms with Crippen LogP contribution in [0.1, 0.15) is 11.3 Å². The second kappa shape index (κ2) is 5.22. The Bertz CT molecular complexity index is 762. The highest BCUT2D eigenvalue weighted by molar-refractivity contribution is 5.52. The highest BCUT2D eigenvalue weighted by atomic mass is 16.3. The van der Waals surface area contributed by atoms with E-state index in [1.54, 1.807) is 0 Å². The Balaban J connectivity index is 2.06. The maximum absolute atomic E-state index is 9.21. The molecule has 3 aromatic rings. The number of benzene rings is 1. The van der Waals surface area contributed by atoms with Crippen LogP contribution >= 0.6 is 0 Å². The maximum atomic E-state index is 9.21. The van der Waals surface area contributed by atoms with E-state index in [0.717, 1.165) is 22.6 Å². The van der Waals surface area contributed by atoms with Crippen LogP contribution in [0.3, 0.4) is 0 Å². The van der Waals surface area contributed by atoms with Gasteiger partial charge in [-0.15, -0.1) is 10.2 Å². The number of imidazole rings is 1. The van der Waals surface area contributed by atoms with Crippen LogP contribution in [0, 0.1) is 6.92 Å². The van der Waals surface area contributed by atoms with Gasteiger partial charge in [-0.25, -0.2) is 4.98 Å². The number of aliphatic hydroxyl groups excluding tert-OH is 1. The number of fused-ring (bicyclic) bond motifs is 1. The molecule has 0 amide bonds. The number of rotatable bonds is 3. The minimum absolute atomic E-state index is 0.0115. The molecule has 0 saturated carbocycles. The van der Waals surface area contributed by atoms with Gasteiger partial charge in [-0.3, -0.25) is 4.40 Å². The Morgan fingerprint density at radius 1 is 1.10 bits per heavy atom. The van der Waals surface area contributed by atoms with Gasteiger partial charge < -0.3 is 5.11 Å². The van der Waals surface area contributed by atoms with E-state index in [-0.39, 0.29) is 6.61 Å². The van der Waals surface area contributed by atoms with Crippen LogP contribution in [0.25, 0.3) is 5.65 Å². The molecule has 2 aromatic heterocycles.